The lowest BCUT2D eigenvalue weighted by atomic mass is 9.78. The minimum absolute atomic E-state index is 0.304. The maximum absolute atomic E-state index is 6.34. The van der Waals surface area contributed by atoms with E-state index in [4.69, 9.17) is 4.74 Å². The van der Waals surface area contributed by atoms with Crippen LogP contribution in [0, 0.1) is 11.8 Å². The Labute approximate surface area is 130 Å². The van der Waals surface area contributed by atoms with E-state index in [9.17, 15) is 0 Å². The topological polar surface area (TPSA) is 21.3 Å². The van der Waals surface area contributed by atoms with Gasteiger partial charge in [-0.15, -0.1) is 0 Å². The van der Waals surface area contributed by atoms with Crippen molar-refractivity contribution in [3.63, 3.8) is 0 Å². The number of hydrogen-bond acceptors (Lipinski definition) is 2. The summed E-state index contributed by atoms with van der Waals surface area (Å²) >= 11 is 0. The third-order valence-electron chi connectivity index (χ3n) is 4.86. The zero-order valence-electron chi connectivity index (χ0n) is 14.1. The van der Waals surface area contributed by atoms with E-state index in [2.05, 4.69) is 57.3 Å². The number of likely N-dealkylation sites (N-methyl/N-ethyl adjacent to an activating group) is 1. The molecule has 0 aliphatic heterocycles. The molecule has 21 heavy (non-hydrogen) atoms. The summed E-state index contributed by atoms with van der Waals surface area (Å²) in [7, 11) is 0. The molecule has 2 heteroatoms. The molecule has 1 aliphatic carbocycles. The number of ether oxygens (including phenoxy) is 1. The lowest BCUT2D eigenvalue weighted by molar-refractivity contribution is 0.0725. The van der Waals surface area contributed by atoms with E-state index in [1.165, 1.54) is 24.8 Å². The Morgan fingerprint density at radius 1 is 1.14 bits per heavy atom. The van der Waals surface area contributed by atoms with Crippen molar-refractivity contribution in [3.05, 3.63) is 29.8 Å². The van der Waals surface area contributed by atoms with Crippen LogP contribution in [0.15, 0.2) is 24.3 Å². The summed E-state index contributed by atoms with van der Waals surface area (Å²) < 4.78 is 6.34. The van der Waals surface area contributed by atoms with Crippen molar-refractivity contribution < 1.29 is 4.74 Å². The first kappa shape index (κ1) is 16.4. The minimum atomic E-state index is 0.304. The van der Waals surface area contributed by atoms with E-state index in [0.29, 0.717) is 12.1 Å². The highest BCUT2D eigenvalue weighted by Crippen LogP contribution is 2.32. The largest absolute Gasteiger partial charge is 0.489 e. The zero-order chi connectivity index (χ0) is 15.2. The van der Waals surface area contributed by atoms with Gasteiger partial charge in [0.1, 0.15) is 11.9 Å². The van der Waals surface area contributed by atoms with Gasteiger partial charge in [0.05, 0.1) is 0 Å². The molecule has 1 N–H and O–H groups in total. The second-order valence-corrected chi connectivity index (χ2v) is 6.64. The van der Waals surface area contributed by atoms with Crippen LogP contribution in [0.25, 0.3) is 0 Å². The summed E-state index contributed by atoms with van der Waals surface area (Å²) in [6, 6.07) is 9.11. The van der Waals surface area contributed by atoms with Gasteiger partial charge in [0.25, 0.3) is 0 Å². The van der Waals surface area contributed by atoms with Gasteiger partial charge in [0, 0.05) is 6.04 Å². The summed E-state index contributed by atoms with van der Waals surface area (Å²) in [4.78, 5) is 0. The van der Waals surface area contributed by atoms with Crippen molar-refractivity contribution >= 4 is 0 Å². The van der Waals surface area contributed by atoms with Crippen LogP contribution in [0.1, 0.15) is 52.5 Å². The minimum Gasteiger partial charge on any atom is -0.489 e. The molecule has 3 unspecified atom stereocenters. The van der Waals surface area contributed by atoms with Crippen LogP contribution in [-0.2, 0) is 6.42 Å². The average molecular weight is 289 g/mol. The van der Waals surface area contributed by atoms with Gasteiger partial charge in [-0.05, 0) is 61.8 Å². The van der Waals surface area contributed by atoms with Gasteiger partial charge in [-0.3, -0.25) is 0 Å². The third kappa shape index (κ3) is 4.47. The van der Waals surface area contributed by atoms with E-state index in [0.717, 1.165) is 30.6 Å². The van der Waals surface area contributed by atoms with Crippen LogP contribution in [0.5, 0.6) is 5.75 Å². The molecule has 0 heterocycles. The predicted molar refractivity (Wildman–Crippen MR) is 89.9 cm³/mol. The normalized spacial score (nSPS) is 26.0. The van der Waals surface area contributed by atoms with Crippen molar-refractivity contribution in [1.82, 2.24) is 5.32 Å². The smallest absolute Gasteiger partial charge is 0.119 e. The second-order valence-electron chi connectivity index (χ2n) is 6.64. The van der Waals surface area contributed by atoms with E-state index in [1.807, 2.05) is 0 Å². The van der Waals surface area contributed by atoms with Crippen molar-refractivity contribution in [2.45, 2.75) is 65.5 Å². The molecule has 1 saturated carbocycles. The standard InChI is InChI=1S/C19H31NO/c1-5-15-7-10-17(11-8-15)21-19-13-16(14(3)4)9-12-18(19)20-6-2/h7-8,10-11,14,16,18-20H,5-6,9,12-13H2,1-4H3. The summed E-state index contributed by atoms with van der Waals surface area (Å²) in [5.74, 6) is 2.56. The Hall–Kier alpha value is -1.02. The lowest BCUT2D eigenvalue weighted by Crippen LogP contribution is -2.47. The van der Waals surface area contributed by atoms with Crippen molar-refractivity contribution in [3.8, 4) is 5.75 Å². The molecule has 1 aromatic carbocycles. The van der Waals surface area contributed by atoms with Crippen LogP contribution < -0.4 is 10.1 Å². The Balaban J connectivity index is 2.03. The Kier molecular flexibility index (Phi) is 6.10. The zero-order valence-corrected chi connectivity index (χ0v) is 14.1. The fourth-order valence-electron chi connectivity index (χ4n) is 3.37. The SMILES string of the molecule is CCNC1CCC(C(C)C)CC1Oc1ccc(CC)cc1. The molecule has 1 aliphatic rings. The predicted octanol–water partition coefficient (Wildman–Crippen LogP) is 4.43. The fraction of sp³-hybridized carbons (Fsp3) is 0.684. The fourth-order valence-corrected chi connectivity index (χ4v) is 3.37. The molecule has 0 radical (unpaired) electrons. The average Bonchev–Trinajstić information content (AvgIpc) is 2.50. The molecule has 0 saturated heterocycles. The van der Waals surface area contributed by atoms with Gasteiger partial charge in [0.2, 0.25) is 0 Å². The van der Waals surface area contributed by atoms with Gasteiger partial charge >= 0.3 is 0 Å². The maximum atomic E-state index is 6.34. The summed E-state index contributed by atoms with van der Waals surface area (Å²) in [6.45, 7) is 10.1. The summed E-state index contributed by atoms with van der Waals surface area (Å²) in [5, 5.41) is 3.61. The first-order chi connectivity index (χ1) is 10.1. The van der Waals surface area contributed by atoms with Crippen LogP contribution >= 0.6 is 0 Å². The lowest BCUT2D eigenvalue weighted by Gasteiger charge is -2.38. The Bertz CT molecular complexity index is 412. The number of hydrogen-bond donors (Lipinski definition) is 1. The van der Waals surface area contributed by atoms with Gasteiger partial charge in [-0.1, -0.05) is 39.8 Å². The molecule has 118 valence electrons. The van der Waals surface area contributed by atoms with Crippen LogP contribution in [0.3, 0.4) is 0 Å². The Morgan fingerprint density at radius 3 is 2.43 bits per heavy atom. The third-order valence-corrected chi connectivity index (χ3v) is 4.86. The first-order valence-electron chi connectivity index (χ1n) is 8.63. The molecule has 0 spiro atoms. The molecule has 2 nitrogen and oxygen atoms in total. The van der Waals surface area contributed by atoms with Gasteiger partial charge < -0.3 is 10.1 Å². The highest BCUT2D eigenvalue weighted by molar-refractivity contribution is 5.27. The Morgan fingerprint density at radius 2 is 1.86 bits per heavy atom. The molecule has 0 bridgehead atoms. The molecule has 0 aromatic heterocycles. The highest BCUT2D eigenvalue weighted by atomic mass is 16.5. The number of aryl methyl sites for hydroxylation is 1. The van der Waals surface area contributed by atoms with Crippen molar-refractivity contribution in [2.75, 3.05) is 6.54 Å². The van der Waals surface area contributed by atoms with Gasteiger partial charge in [-0.2, -0.15) is 0 Å². The maximum Gasteiger partial charge on any atom is 0.119 e. The molecule has 2 rings (SSSR count). The molecule has 1 aromatic rings. The monoisotopic (exact) mass is 289 g/mol. The van der Waals surface area contributed by atoms with Crippen molar-refractivity contribution in [2.24, 2.45) is 11.8 Å². The second kappa shape index (κ2) is 7.84. The van der Waals surface area contributed by atoms with Crippen LogP contribution in [0.4, 0.5) is 0 Å². The molecular weight excluding hydrogens is 258 g/mol. The van der Waals surface area contributed by atoms with Gasteiger partial charge in [0.15, 0.2) is 0 Å². The molecule has 1 fully saturated rings. The molecular formula is C19H31NO. The van der Waals surface area contributed by atoms with E-state index >= 15 is 0 Å². The van der Waals surface area contributed by atoms with E-state index in [1.54, 1.807) is 0 Å². The summed E-state index contributed by atoms with van der Waals surface area (Å²) in [6.07, 6.45) is 5.11. The van der Waals surface area contributed by atoms with E-state index in [-0.39, 0.29) is 0 Å². The van der Waals surface area contributed by atoms with Crippen molar-refractivity contribution in [1.29, 1.82) is 0 Å². The number of benzene rings is 1. The van der Waals surface area contributed by atoms with E-state index < -0.39 is 0 Å². The van der Waals surface area contributed by atoms with Crippen LogP contribution in [0.2, 0.25) is 0 Å². The quantitative estimate of drug-likeness (QED) is 0.836. The first-order valence-corrected chi connectivity index (χ1v) is 8.63. The molecule has 0 amide bonds. The number of nitrogens with one attached hydrogen (secondary N) is 1. The highest BCUT2D eigenvalue weighted by Gasteiger charge is 2.32. The van der Waals surface area contributed by atoms with Crippen LogP contribution in [-0.4, -0.2) is 18.7 Å². The number of rotatable bonds is 6. The summed E-state index contributed by atoms with van der Waals surface area (Å²) in [5.41, 5.74) is 1.37. The van der Waals surface area contributed by atoms with Gasteiger partial charge in [-0.25, -0.2) is 0 Å². The molecule has 3 atom stereocenters.